The molecule has 0 N–H and O–H groups in total. The molecule has 76 valence electrons. The van der Waals surface area contributed by atoms with Crippen LogP contribution in [0.3, 0.4) is 0 Å². The molecule has 1 fully saturated rings. The first-order chi connectivity index (χ1) is 6.43. The van der Waals surface area contributed by atoms with Gasteiger partial charge in [-0.2, -0.15) is 0 Å². The molecule has 3 nitrogen and oxygen atoms in total. The molecule has 0 radical (unpaired) electrons. The second-order valence-electron chi connectivity index (χ2n) is 3.58. The first kappa shape index (κ1) is 10.5. The molecular formula is C10H19NO2. The molecule has 0 aromatic rings. The van der Waals surface area contributed by atoms with Gasteiger partial charge in [-0.15, -0.1) is 0 Å². The van der Waals surface area contributed by atoms with Crippen molar-refractivity contribution in [1.82, 2.24) is 4.90 Å². The van der Waals surface area contributed by atoms with Crippen molar-refractivity contribution in [2.24, 2.45) is 0 Å². The second kappa shape index (κ2) is 6.89. The van der Waals surface area contributed by atoms with Gasteiger partial charge < -0.3 is 9.64 Å². The summed E-state index contributed by atoms with van der Waals surface area (Å²) < 4.78 is 4.62. The molecule has 1 heterocycles. The van der Waals surface area contributed by atoms with Crippen LogP contribution in [0.5, 0.6) is 0 Å². The predicted molar refractivity (Wildman–Crippen MR) is 51.5 cm³/mol. The van der Waals surface area contributed by atoms with Crippen molar-refractivity contribution in [3.8, 4) is 0 Å². The Hall–Kier alpha value is -0.570. The average molecular weight is 185 g/mol. The van der Waals surface area contributed by atoms with Crippen molar-refractivity contribution in [3.63, 3.8) is 0 Å². The lowest BCUT2D eigenvalue weighted by Crippen LogP contribution is -2.30. The van der Waals surface area contributed by atoms with E-state index in [1.807, 2.05) is 0 Å². The summed E-state index contributed by atoms with van der Waals surface area (Å²) >= 11 is 0. The largest absolute Gasteiger partial charge is 0.468 e. The van der Waals surface area contributed by atoms with Gasteiger partial charge in [0.1, 0.15) is 0 Å². The summed E-state index contributed by atoms with van der Waals surface area (Å²) in [5.74, 6) is 0. The smallest absolute Gasteiger partial charge is 0.293 e. The van der Waals surface area contributed by atoms with E-state index in [0.29, 0.717) is 13.1 Å². The molecule has 3 heteroatoms. The van der Waals surface area contributed by atoms with E-state index in [2.05, 4.69) is 9.64 Å². The average Bonchev–Trinajstić information content (AvgIpc) is 2.19. The first-order valence-electron chi connectivity index (χ1n) is 5.21. The normalized spacial score (nSPS) is 18.5. The van der Waals surface area contributed by atoms with Crippen LogP contribution in [0.15, 0.2) is 0 Å². The van der Waals surface area contributed by atoms with Gasteiger partial charge in [0, 0.05) is 0 Å². The van der Waals surface area contributed by atoms with Crippen molar-refractivity contribution in [3.05, 3.63) is 0 Å². The molecule has 1 aliphatic rings. The van der Waals surface area contributed by atoms with Gasteiger partial charge in [-0.1, -0.05) is 6.42 Å². The number of rotatable bonds is 6. The summed E-state index contributed by atoms with van der Waals surface area (Å²) in [7, 11) is 0. The van der Waals surface area contributed by atoms with Crippen LogP contribution in [-0.4, -0.2) is 37.6 Å². The highest BCUT2D eigenvalue weighted by molar-refractivity contribution is 5.36. The summed E-state index contributed by atoms with van der Waals surface area (Å²) in [6, 6.07) is 0. The molecule has 0 amide bonds. The molecule has 0 atom stereocenters. The Morgan fingerprint density at radius 3 is 2.62 bits per heavy atom. The van der Waals surface area contributed by atoms with Crippen LogP contribution in [0.1, 0.15) is 32.1 Å². The van der Waals surface area contributed by atoms with Crippen molar-refractivity contribution in [1.29, 1.82) is 0 Å². The predicted octanol–water partition coefficient (Wildman–Crippen LogP) is 1.43. The fourth-order valence-corrected chi connectivity index (χ4v) is 1.75. The molecule has 0 aromatic heterocycles. The van der Waals surface area contributed by atoms with E-state index in [4.69, 9.17) is 0 Å². The Balaban J connectivity index is 1.89. The van der Waals surface area contributed by atoms with E-state index >= 15 is 0 Å². The highest BCUT2D eigenvalue weighted by atomic mass is 16.5. The van der Waals surface area contributed by atoms with Crippen molar-refractivity contribution in [2.45, 2.75) is 32.1 Å². The van der Waals surface area contributed by atoms with Crippen LogP contribution in [-0.2, 0) is 9.53 Å². The number of hydrogen-bond acceptors (Lipinski definition) is 3. The van der Waals surface area contributed by atoms with E-state index in [0.717, 1.165) is 12.8 Å². The van der Waals surface area contributed by atoms with E-state index in [9.17, 15) is 4.79 Å². The fourth-order valence-electron chi connectivity index (χ4n) is 1.75. The third kappa shape index (κ3) is 4.88. The minimum atomic E-state index is 0.529. The zero-order valence-electron chi connectivity index (χ0n) is 8.21. The number of ether oxygens (including phenoxy) is 1. The van der Waals surface area contributed by atoms with Crippen LogP contribution >= 0.6 is 0 Å². The standard InChI is InChI=1S/C10H19NO2/c12-10-13-9-5-4-8-11-6-2-1-3-7-11/h10H,1-9H2. The van der Waals surface area contributed by atoms with Crippen molar-refractivity contribution < 1.29 is 9.53 Å². The lowest BCUT2D eigenvalue weighted by atomic mass is 10.1. The van der Waals surface area contributed by atoms with Gasteiger partial charge in [-0.25, -0.2) is 0 Å². The Labute approximate surface area is 80.1 Å². The van der Waals surface area contributed by atoms with Gasteiger partial charge >= 0.3 is 0 Å². The maximum Gasteiger partial charge on any atom is 0.293 e. The molecule has 1 rings (SSSR count). The number of carbonyl (C=O) groups is 1. The monoisotopic (exact) mass is 185 g/mol. The van der Waals surface area contributed by atoms with Gasteiger partial charge in [-0.3, -0.25) is 4.79 Å². The van der Waals surface area contributed by atoms with Crippen molar-refractivity contribution >= 4 is 6.47 Å². The SMILES string of the molecule is O=COCCCCN1CCCCC1. The number of hydrogen-bond donors (Lipinski definition) is 0. The maximum atomic E-state index is 9.84. The number of piperidine rings is 1. The summed E-state index contributed by atoms with van der Waals surface area (Å²) in [6.07, 6.45) is 6.24. The Bertz CT molecular complexity index is 133. The number of likely N-dealkylation sites (tertiary alicyclic amines) is 1. The Kier molecular flexibility index (Phi) is 5.57. The van der Waals surface area contributed by atoms with Gasteiger partial charge in [-0.05, 0) is 45.3 Å². The zero-order chi connectivity index (χ0) is 9.36. The number of unbranched alkanes of at least 4 members (excludes halogenated alkanes) is 1. The number of carbonyl (C=O) groups excluding carboxylic acids is 1. The van der Waals surface area contributed by atoms with E-state index in [1.165, 1.54) is 38.9 Å². The van der Waals surface area contributed by atoms with Gasteiger partial charge in [0.25, 0.3) is 6.47 Å². The minimum Gasteiger partial charge on any atom is -0.468 e. The highest BCUT2D eigenvalue weighted by Crippen LogP contribution is 2.09. The summed E-state index contributed by atoms with van der Waals surface area (Å²) in [4.78, 5) is 12.3. The van der Waals surface area contributed by atoms with Crippen LogP contribution in [0.25, 0.3) is 0 Å². The topological polar surface area (TPSA) is 29.5 Å². The third-order valence-electron chi connectivity index (χ3n) is 2.50. The van der Waals surface area contributed by atoms with E-state index in [-0.39, 0.29) is 0 Å². The molecule has 0 aliphatic carbocycles. The molecule has 0 bridgehead atoms. The Morgan fingerprint density at radius 1 is 1.15 bits per heavy atom. The summed E-state index contributed by atoms with van der Waals surface area (Å²) in [6.45, 7) is 4.80. The lowest BCUT2D eigenvalue weighted by molar-refractivity contribution is -0.128. The quantitative estimate of drug-likeness (QED) is 0.463. The minimum absolute atomic E-state index is 0.529. The van der Waals surface area contributed by atoms with Crippen molar-refractivity contribution in [2.75, 3.05) is 26.2 Å². The third-order valence-corrected chi connectivity index (χ3v) is 2.50. The van der Waals surface area contributed by atoms with E-state index in [1.54, 1.807) is 0 Å². The molecule has 0 unspecified atom stereocenters. The van der Waals surface area contributed by atoms with E-state index < -0.39 is 0 Å². The molecule has 1 aliphatic heterocycles. The number of nitrogens with zero attached hydrogens (tertiary/aromatic N) is 1. The highest BCUT2D eigenvalue weighted by Gasteiger charge is 2.08. The van der Waals surface area contributed by atoms with Gasteiger partial charge in [0.2, 0.25) is 0 Å². The van der Waals surface area contributed by atoms with Gasteiger partial charge in [0.15, 0.2) is 0 Å². The molecular weight excluding hydrogens is 166 g/mol. The zero-order valence-corrected chi connectivity index (χ0v) is 8.21. The summed E-state index contributed by atoms with van der Waals surface area (Å²) in [5.41, 5.74) is 0. The van der Waals surface area contributed by atoms with Crippen LogP contribution in [0.2, 0.25) is 0 Å². The molecule has 0 aromatic carbocycles. The Morgan fingerprint density at radius 2 is 1.92 bits per heavy atom. The second-order valence-corrected chi connectivity index (χ2v) is 3.58. The molecule has 13 heavy (non-hydrogen) atoms. The summed E-state index contributed by atoms with van der Waals surface area (Å²) in [5, 5.41) is 0. The maximum absolute atomic E-state index is 9.84. The van der Waals surface area contributed by atoms with Gasteiger partial charge in [0.05, 0.1) is 6.61 Å². The molecule has 0 saturated carbocycles. The first-order valence-corrected chi connectivity index (χ1v) is 5.21. The van der Waals surface area contributed by atoms with Crippen LogP contribution in [0.4, 0.5) is 0 Å². The molecule has 1 saturated heterocycles. The van der Waals surface area contributed by atoms with Crippen LogP contribution in [0, 0.1) is 0 Å². The molecule has 0 spiro atoms. The van der Waals surface area contributed by atoms with Crippen LogP contribution < -0.4 is 0 Å². The fraction of sp³-hybridized carbons (Fsp3) is 0.900. The lowest BCUT2D eigenvalue weighted by Gasteiger charge is -2.26.